The van der Waals surface area contributed by atoms with Gasteiger partial charge >= 0.3 is 11.3 Å². The Labute approximate surface area is 159 Å². The molecule has 26 heavy (non-hydrogen) atoms. The number of benzene rings is 2. The number of hydrogen-bond acceptors (Lipinski definition) is 3. The van der Waals surface area contributed by atoms with Crippen LogP contribution in [-0.4, -0.2) is 19.3 Å². The van der Waals surface area contributed by atoms with E-state index in [1.807, 2.05) is 55.5 Å². The van der Waals surface area contributed by atoms with Crippen LogP contribution in [0.15, 0.2) is 52.9 Å². The zero-order valence-corrected chi connectivity index (χ0v) is 15.8. The molecule has 3 aromatic rings. The van der Waals surface area contributed by atoms with Crippen molar-refractivity contribution in [2.45, 2.75) is 13.3 Å². The third-order valence-electron chi connectivity index (χ3n) is 4.13. The van der Waals surface area contributed by atoms with Crippen molar-refractivity contribution in [3.63, 3.8) is 0 Å². The minimum atomic E-state index is 0. The molecule has 3 rings (SSSR count). The summed E-state index contributed by atoms with van der Waals surface area (Å²) in [5, 5.41) is 11.3. The first kappa shape index (κ1) is 19.6. The Hall–Kier alpha value is -2.72. The van der Waals surface area contributed by atoms with Gasteiger partial charge in [-0.1, -0.05) is 25.1 Å². The third-order valence-corrected chi connectivity index (χ3v) is 4.13. The molecule has 5 heteroatoms. The number of rotatable bonds is 5. The van der Waals surface area contributed by atoms with Crippen LogP contribution in [0.4, 0.5) is 0 Å². The zero-order chi connectivity index (χ0) is 17.8. The monoisotopic (exact) mass is 373 g/mol. The van der Waals surface area contributed by atoms with E-state index in [9.17, 15) is 5.11 Å². The molecular weight excluding hydrogens is 352 g/mol. The Kier molecular flexibility index (Phi) is 6.47. The number of allylic oxidation sites excluding steroid dienone is 1. The van der Waals surface area contributed by atoms with Gasteiger partial charge in [-0.15, -0.1) is 12.4 Å². The van der Waals surface area contributed by atoms with Crippen molar-refractivity contribution in [2.24, 2.45) is 0 Å². The average molecular weight is 374 g/mol. The highest BCUT2D eigenvalue weighted by Crippen LogP contribution is 2.34. The van der Waals surface area contributed by atoms with Gasteiger partial charge in [-0.2, -0.15) is 0 Å². The van der Waals surface area contributed by atoms with Crippen LogP contribution in [0.3, 0.4) is 0 Å². The van der Waals surface area contributed by atoms with E-state index < -0.39 is 0 Å². The van der Waals surface area contributed by atoms with Gasteiger partial charge in [-0.3, -0.25) is 0 Å². The molecule has 1 N–H and O–H groups in total. The minimum absolute atomic E-state index is 0. The van der Waals surface area contributed by atoms with Gasteiger partial charge in [0.2, 0.25) is 5.75 Å². The molecule has 0 unspecified atom stereocenters. The van der Waals surface area contributed by atoms with E-state index in [1.165, 1.54) is 7.11 Å². The highest BCUT2D eigenvalue weighted by Gasteiger charge is 2.20. The summed E-state index contributed by atoms with van der Waals surface area (Å²) in [4.78, 5) is 0. The Morgan fingerprint density at radius 1 is 1.00 bits per heavy atom. The van der Waals surface area contributed by atoms with Gasteiger partial charge in [0.05, 0.1) is 25.2 Å². The van der Waals surface area contributed by atoms with Crippen LogP contribution in [-0.2, 0) is 0 Å². The van der Waals surface area contributed by atoms with Crippen molar-refractivity contribution < 1.29 is 19.0 Å². The fraction of sp³-hybridized carbons (Fsp3) is 0.190. The molecule has 0 saturated carbocycles. The molecule has 0 aliphatic heterocycles. The summed E-state index contributed by atoms with van der Waals surface area (Å²) in [6.07, 6.45) is 2.67. The number of hydrogen-bond donors (Lipinski definition) is 1. The van der Waals surface area contributed by atoms with Gasteiger partial charge in [0, 0.05) is 11.6 Å². The number of phenolic OH excluding ortho intramolecular Hbond substituents is 1. The maximum Gasteiger partial charge on any atom is 0.402 e. The van der Waals surface area contributed by atoms with Crippen LogP contribution in [0.25, 0.3) is 22.6 Å². The fourth-order valence-electron chi connectivity index (χ4n) is 2.77. The van der Waals surface area contributed by atoms with E-state index in [0.717, 1.165) is 23.1 Å². The quantitative estimate of drug-likeness (QED) is 0.573. The van der Waals surface area contributed by atoms with Gasteiger partial charge in [0.1, 0.15) is 0 Å². The number of phenols is 1. The normalized spacial score (nSPS) is 11.1. The van der Waals surface area contributed by atoms with Crippen molar-refractivity contribution >= 4 is 35.0 Å². The molecule has 4 nitrogen and oxygen atoms in total. The molecule has 0 bridgehead atoms. The van der Waals surface area contributed by atoms with Crippen molar-refractivity contribution in [3.8, 4) is 17.2 Å². The molecule has 0 atom stereocenters. The molecule has 0 saturated heterocycles. The SMILES string of the molecule is CC/C(=C/c1cccc(OC)c1O)c1ccc2cccc(OC)c2[o+]1.Cl. The van der Waals surface area contributed by atoms with Gasteiger partial charge < -0.3 is 14.6 Å². The molecule has 1 heterocycles. The topological polar surface area (TPSA) is 50.0 Å². The second kappa shape index (κ2) is 8.59. The molecule has 1 aromatic heterocycles. The van der Waals surface area contributed by atoms with Crippen LogP contribution in [0.5, 0.6) is 17.2 Å². The zero-order valence-electron chi connectivity index (χ0n) is 15.0. The molecule has 136 valence electrons. The lowest BCUT2D eigenvalue weighted by molar-refractivity contribution is 0.373. The van der Waals surface area contributed by atoms with Crippen LogP contribution in [0.2, 0.25) is 0 Å². The smallest absolute Gasteiger partial charge is 0.402 e. The maximum absolute atomic E-state index is 10.3. The van der Waals surface area contributed by atoms with Gasteiger partial charge in [0.25, 0.3) is 0 Å². The van der Waals surface area contributed by atoms with Crippen LogP contribution >= 0.6 is 12.4 Å². The van der Waals surface area contributed by atoms with Crippen molar-refractivity contribution in [1.29, 1.82) is 0 Å². The van der Waals surface area contributed by atoms with E-state index in [0.29, 0.717) is 22.6 Å². The lowest BCUT2D eigenvalue weighted by atomic mass is 10.0. The van der Waals surface area contributed by atoms with E-state index in [-0.39, 0.29) is 18.2 Å². The predicted molar refractivity (Wildman–Crippen MR) is 107 cm³/mol. The lowest BCUT2D eigenvalue weighted by Crippen LogP contribution is -1.89. The Bertz CT molecular complexity index is 934. The second-order valence-corrected chi connectivity index (χ2v) is 5.60. The van der Waals surface area contributed by atoms with Gasteiger partial charge in [-0.25, -0.2) is 4.42 Å². The summed E-state index contributed by atoms with van der Waals surface area (Å²) in [7, 11) is 3.16. The van der Waals surface area contributed by atoms with Crippen LogP contribution in [0, 0.1) is 0 Å². The summed E-state index contributed by atoms with van der Waals surface area (Å²) < 4.78 is 16.7. The Balaban J connectivity index is 0.00000243. The van der Waals surface area contributed by atoms with E-state index in [2.05, 4.69) is 0 Å². The molecule has 0 aliphatic rings. The van der Waals surface area contributed by atoms with Gasteiger partial charge in [-0.05, 0) is 36.8 Å². The van der Waals surface area contributed by atoms with Crippen LogP contribution in [0.1, 0.15) is 24.7 Å². The number of ether oxygens (including phenoxy) is 2. The summed E-state index contributed by atoms with van der Waals surface area (Å²) in [5.41, 5.74) is 2.36. The lowest BCUT2D eigenvalue weighted by Gasteiger charge is -2.06. The molecule has 0 fully saturated rings. The van der Waals surface area contributed by atoms with Crippen molar-refractivity contribution in [3.05, 3.63) is 59.9 Å². The summed E-state index contributed by atoms with van der Waals surface area (Å²) in [5.74, 6) is 2.00. The summed E-state index contributed by atoms with van der Waals surface area (Å²) >= 11 is 0. The standard InChI is InChI=1S/C21H20O4.ClH/c1-4-14(13-16-8-6-9-18(23-2)20(16)22)17-12-11-15-7-5-10-19(24-3)21(15)25-17;/h5-13H,4H2,1-3H3;1H/p+1/b14-13-;. The molecule has 0 amide bonds. The molecular formula is C21H22ClO4+. The van der Waals surface area contributed by atoms with E-state index in [4.69, 9.17) is 13.9 Å². The second-order valence-electron chi connectivity index (χ2n) is 5.60. The summed E-state index contributed by atoms with van der Waals surface area (Å²) in [6, 6.07) is 15.1. The first-order chi connectivity index (χ1) is 12.2. The molecule has 0 radical (unpaired) electrons. The number of fused-ring (bicyclic) bond motifs is 1. The summed E-state index contributed by atoms with van der Waals surface area (Å²) in [6.45, 7) is 2.05. The van der Waals surface area contributed by atoms with Gasteiger partial charge in [0.15, 0.2) is 11.5 Å². The van der Waals surface area contributed by atoms with E-state index >= 15 is 0 Å². The first-order valence-corrected chi connectivity index (χ1v) is 8.14. The van der Waals surface area contributed by atoms with Crippen molar-refractivity contribution in [2.75, 3.05) is 14.2 Å². The number of methoxy groups -OCH3 is 2. The molecule has 0 spiro atoms. The number of halogens is 1. The maximum atomic E-state index is 10.3. The predicted octanol–water partition coefficient (Wildman–Crippen LogP) is 5.81. The Morgan fingerprint density at radius 3 is 2.38 bits per heavy atom. The largest absolute Gasteiger partial charge is 0.504 e. The fourth-order valence-corrected chi connectivity index (χ4v) is 2.77. The molecule has 2 aromatic carbocycles. The third kappa shape index (κ3) is 3.75. The highest BCUT2D eigenvalue weighted by molar-refractivity contribution is 5.87. The number of aromatic hydroxyl groups is 1. The molecule has 0 aliphatic carbocycles. The Morgan fingerprint density at radius 2 is 1.69 bits per heavy atom. The van der Waals surface area contributed by atoms with E-state index in [1.54, 1.807) is 13.2 Å². The number of para-hydroxylation sites is 2. The van der Waals surface area contributed by atoms with Crippen molar-refractivity contribution in [1.82, 2.24) is 0 Å². The highest BCUT2D eigenvalue weighted by atomic mass is 35.5. The van der Waals surface area contributed by atoms with Crippen LogP contribution < -0.4 is 9.47 Å². The first-order valence-electron chi connectivity index (χ1n) is 8.14. The minimum Gasteiger partial charge on any atom is -0.504 e. The average Bonchev–Trinajstić information content (AvgIpc) is 2.66.